The van der Waals surface area contributed by atoms with Gasteiger partial charge in [-0.25, -0.2) is 0 Å². The lowest BCUT2D eigenvalue weighted by Gasteiger charge is -2.36. The highest BCUT2D eigenvalue weighted by Crippen LogP contribution is 2.17. The zero-order valence-corrected chi connectivity index (χ0v) is 14.4. The van der Waals surface area contributed by atoms with E-state index in [1.54, 1.807) is 0 Å². The van der Waals surface area contributed by atoms with Crippen molar-refractivity contribution in [1.82, 2.24) is 15.1 Å². The van der Waals surface area contributed by atoms with Crippen molar-refractivity contribution in [2.75, 3.05) is 26.2 Å². The smallest absolute Gasteiger partial charge is 0.251 e. The van der Waals surface area contributed by atoms with Crippen molar-refractivity contribution >= 4 is 11.8 Å². The molecule has 130 valence electrons. The fourth-order valence-electron chi connectivity index (χ4n) is 3.65. The Hall–Kier alpha value is -1.88. The lowest BCUT2D eigenvalue weighted by molar-refractivity contribution is -0.135. The molecule has 2 saturated heterocycles. The van der Waals surface area contributed by atoms with Crippen molar-refractivity contribution in [3.63, 3.8) is 0 Å². The second-order valence-corrected chi connectivity index (χ2v) is 6.86. The topological polar surface area (TPSA) is 52.7 Å². The summed E-state index contributed by atoms with van der Waals surface area (Å²) in [6.45, 7) is 5.56. The quantitative estimate of drug-likeness (QED) is 0.918. The van der Waals surface area contributed by atoms with E-state index in [9.17, 15) is 9.59 Å². The minimum absolute atomic E-state index is 0.00441. The van der Waals surface area contributed by atoms with Gasteiger partial charge in [-0.1, -0.05) is 18.2 Å². The summed E-state index contributed by atoms with van der Waals surface area (Å²) in [6, 6.07) is 9.49. The van der Waals surface area contributed by atoms with Crippen molar-refractivity contribution < 1.29 is 9.59 Å². The molecule has 3 rings (SSSR count). The van der Waals surface area contributed by atoms with Crippen LogP contribution in [-0.2, 0) is 4.79 Å². The molecular formula is C19H27N3O2. The third-order valence-corrected chi connectivity index (χ3v) is 5.22. The molecule has 1 unspecified atom stereocenters. The van der Waals surface area contributed by atoms with E-state index in [4.69, 9.17) is 0 Å². The molecule has 2 fully saturated rings. The van der Waals surface area contributed by atoms with Gasteiger partial charge in [0, 0.05) is 37.8 Å². The number of hydrogen-bond acceptors (Lipinski definition) is 3. The van der Waals surface area contributed by atoms with Crippen LogP contribution in [0.5, 0.6) is 0 Å². The molecule has 2 heterocycles. The van der Waals surface area contributed by atoms with Crippen LogP contribution in [0.3, 0.4) is 0 Å². The minimum Gasteiger partial charge on any atom is -0.349 e. The molecular weight excluding hydrogens is 302 g/mol. The molecule has 24 heavy (non-hydrogen) atoms. The molecule has 5 nitrogen and oxygen atoms in total. The van der Waals surface area contributed by atoms with Crippen LogP contribution in [0.15, 0.2) is 30.3 Å². The zero-order chi connectivity index (χ0) is 16.9. The molecule has 0 spiro atoms. The second kappa shape index (κ2) is 7.79. The highest BCUT2D eigenvalue weighted by atomic mass is 16.2. The third kappa shape index (κ3) is 3.96. The molecule has 2 aliphatic heterocycles. The summed E-state index contributed by atoms with van der Waals surface area (Å²) in [6.07, 6.45) is 4.06. The van der Waals surface area contributed by atoms with Gasteiger partial charge in [0.15, 0.2) is 0 Å². The average Bonchev–Trinajstić information content (AvgIpc) is 3.16. The Kier molecular flexibility index (Phi) is 5.51. The highest BCUT2D eigenvalue weighted by Gasteiger charge is 2.30. The van der Waals surface area contributed by atoms with E-state index in [2.05, 4.69) is 10.2 Å². The van der Waals surface area contributed by atoms with Gasteiger partial charge in [0.2, 0.25) is 5.91 Å². The summed E-state index contributed by atoms with van der Waals surface area (Å²) in [5, 5.41) is 3.12. The van der Waals surface area contributed by atoms with E-state index in [-0.39, 0.29) is 23.9 Å². The van der Waals surface area contributed by atoms with Gasteiger partial charge in [0.05, 0.1) is 6.04 Å². The predicted octanol–water partition coefficient (Wildman–Crippen LogP) is 1.89. The van der Waals surface area contributed by atoms with Gasteiger partial charge in [0.1, 0.15) is 0 Å². The molecule has 0 aromatic heterocycles. The molecule has 0 aliphatic carbocycles. The van der Waals surface area contributed by atoms with E-state index in [0.717, 1.165) is 51.9 Å². The first kappa shape index (κ1) is 17.0. The maximum Gasteiger partial charge on any atom is 0.251 e. The summed E-state index contributed by atoms with van der Waals surface area (Å²) in [4.78, 5) is 29.0. The molecule has 1 aromatic carbocycles. The molecule has 0 radical (unpaired) electrons. The summed E-state index contributed by atoms with van der Waals surface area (Å²) < 4.78 is 0. The Balaban J connectivity index is 1.47. The lowest BCUT2D eigenvalue weighted by Crippen LogP contribution is -2.52. The number of nitrogens with one attached hydrogen (secondary N) is 1. The van der Waals surface area contributed by atoms with E-state index in [0.29, 0.717) is 5.56 Å². The summed E-state index contributed by atoms with van der Waals surface area (Å²) >= 11 is 0. The largest absolute Gasteiger partial charge is 0.349 e. The minimum atomic E-state index is -0.0473. The van der Waals surface area contributed by atoms with E-state index in [1.165, 1.54) is 0 Å². The van der Waals surface area contributed by atoms with Gasteiger partial charge in [0.25, 0.3) is 5.91 Å². The van der Waals surface area contributed by atoms with Gasteiger partial charge < -0.3 is 10.2 Å². The van der Waals surface area contributed by atoms with Crippen LogP contribution in [0.4, 0.5) is 0 Å². The van der Waals surface area contributed by atoms with Crippen LogP contribution in [0.1, 0.15) is 43.0 Å². The molecule has 0 saturated carbocycles. The van der Waals surface area contributed by atoms with Gasteiger partial charge in [-0.05, 0) is 44.7 Å². The van der Waals surface area contributed by atoms with Gasteiger partial charge in [-0.15, -0.1) is 0 Å². The molecule has 5 heteroatoms. The van der Waals surface area contributed by atoms with Crippen LogP contribution in [-0.4, -0.2) is 59.9 Å². The van der Waals surface area contributed by atoms with E-state index < -0.39 is 0 Å². The van der Waals surface area contributed by atoms with E-state index in [1.807, 2.05) is 42.2 Å². The Morgan fingerprint density at radius 3 is 2.29 bits per heavy atom. The Morgan fingerprint density at radius 2 is 1.67 bits per heavy atom. The second-order valence-electron chi connectivity index (χ2n) is 6.86. The Labute approximate surface area is 144 Å². The number of carbonyl (C=O) groups is 2. The molecule has 0 bridgehead atoms. The maximum atomic E-state index is 12.5. The van der Waals surface area contributed by atoms with Gasteiger partial charge in [-0.3, -0.25) is 14.5 Å². The first-order valence-corrected chi connectivity index (χ1v) is 9.04. The fraction of sp³-hybridized carbons (Fsp3) is 0.579. The zero-order valence-electron chi connectivity index (χ0n) is 14.4. The normalized spacial score (nSPS) is 20.8. The third-order valence-electron chi connectivity index (χ3n) is 5.22. The van der Waals surface area contributed by atoms with Crippen molar-refractivity contribution in [3.05, 3.63) is 35.9 Å². The number of nitrogens with zero attached hydrogens (tertiary/aromatic N) is 2. The standard InChI is InChI=1S/C19H27N3O2/c1-15(19(24)22-11-5-6-12-22)21-13-9-17(10-14-21)20-18(23)16-7-3-2-4-8-16/h2-4,7-8,15,17H,5-6,9-14H2,1H3,(H,20,23). The molecule has 2 amide bonds. The van der Waals surface area contributed by atoms with Crippen LogP contribution < -0.4 is 5.32 Å². The number of hydrogen-bond donors (Lipinski definition) is 1. The first-order chi connectivity index (χ1) is 11.6. The summed E-state index contributed by atoms with van der Waals surface area (Å²) in [5.41, 5.74) is 0.706. The monoisotopic (exact) mass is 329 g/mol. The van der Waals surface area contributed by atoms with Gasteiger partial charge >= 0.3 is 0 Å². The summed E-state index contributed by atoms with van der Waals surface area (Å²) in [7, 11) is 0. The SMILES string of the molecule is CC(C(=O)N1CCCC1)N1CCC(NC(=O)c2ccccc2)CC1. The number of benzene rings is 1. The van der Waals surface area contributed by atoms with Crippen molar-refractivity contribution in [2.45, 2.75) is 44.7 Å². The van der Waals surface area contributed by atoms with Crippen LogP contribution in [0, 0.1) is 0 Å². The van der Waals surface area contributed by atoms with Gasteiger partial charge in [-0.2, -0.15) is 0 Å². The number of carbonyl (C=O) groups excluding carboxylic acids is 2. The van der Waals surface area contributed by atoms with E-state index >= 15 is 0 Å². The fourth-order valence-corrected chi connectivity index (χ4v) is 3.65. The van der Waals surface area contributed by atoms with Crippen LogP contribution >= 0.6 is 0 Å². The molecule has 1 N–H and O–H groups in total. The predicted molar refractivity (Wildman–Crippen MR) is 93.8 cm³/mol. The van der Waals surface area contributed by atoms with Crippen LogP contribution in [0.2, 0.25) is 0 Å². The number of likely N-dealkylation sites (tertiary alicyclic amines) is 2. The molecule has 1 aromatic rings. The van der Waals surface area contributed by atoms with Crippen molar-refractivity contribution in [3.8, 4) is 0 Å². The molecule has 2 aliphatic rings. The number of piperidine rings is 1. The first-order valence-electron chi connectivity index (χ1n) is 9.04. The average molecular weight is 329 g/mol. The van der Waals surface area contributed by atoms with Crippen LogP contribution in [0.25, 0.3) is 0 Å². The number of rotatable bonds is 4. The van der Waals surface area contributed by atoms with Crippen molar-refractivity contribution in [1.29, 1.82) is 0 Å². The Bertz CT molecular complexity index is 561. The lowest BCUT2D eigenvalue weighted by atomic mass is 10.0. The highest BCUT2D eigenvalue weighted by molar-refractivity contribution is 5.94. The molecule has 1 atom stereocenters. The van der Waals surface area contributed by atoms with Crippen molar-refractivity contribution in [2.24, 2.45) is 0 Å². The summed E-state index contributed by atoms with van der Waals surface area (Å²) in [5.74, 6) is 0.259. The maximum absolute atomic E-state index is 12.5. The number of amides is 2. The Morgan fingerprint density at radius 1 is 1.04 bits per heavy atom.